The van der Waals surface area contributed by atoms with Crippen LogP contribution in [0.1, 0.15) is 33.5 Å². The molecule has 4 nitrogen and oxygen atoms in total. The van der Waals surface area contributed by atoms with Crippen molar-refractivity contribution in [3.8, 4) is 0 Å². The third kappa shape index (κ3) is 3.29. The van der Waals surface area contributed by atoms with Gasteiger partial charge in [-0.25, -0.2) is 0 Å². The molecule has 2 bridgehead atoms. The van der Waals surface area contributed by atoms with Crippen molar-refractivity contribution in [3.63, 3.8) is 0 Å². The molecule has 0 fully saturated rings. The summed E-state index contributed by atoms with van der Waals surface area (Å²) >= 11 is 0. The highest BCUT2D eigenvalue weighted by Crippen LogP contribution is 2.44. The lowest BCUT2D eigenvalue weighted by Gasteiger charge is -2.43. The van der Waals surface area contributed by atoms with Gasteiger partial charge in [-0.2, -0.15) is 0 Å². The fraction of sp³-hybridized carbons (Fsp3) is 0.233. The molecule has 170 valence electrons. The fourth-order valence-electron chi connectivity index (χ4n) is 5.73. The first-order chi connectivity index (χ1) is 16.5. The fourth-order valence-corrected chi connectivity index (χ4v) is 5.73. The van der Waals surface area contributed by atoms with Crippen molar-refractivity contribution in [1.29, 1.82) is 0 Å². The summed E-state index contributed by atoms with van der Waals surface area (Å²) in [6.07, 6.45) is 1.77. The van der Waals surface area contributed by atoms with Crippen LogP contribution in [0.25, 0.3) is 0 Å². The maximum absolute atomic E-state index is 12.7. The molecule has 2 atom stereocenters. The van der Waals surface area contributed by atoms with Gasteiger partial charge in [0, 0.05) is 37.2 Å². The second-order valence-corrected chi connectivity index (χ2v) is 9.64. The van der Waals surface area contributed by atoms with Crippen LogP contribution >= 0.6 is 0 Å². The van der Waals surface area contributed by atoms with Gasteiger partial charge in [0.25, 0.3) is 0 Å². The first-order valence-electron chi connectivity index (χ1n) is 11.9. The molecule has 0 spiro atoms. The molecule has 0 radical (unpaired) electrons. The third-order valence-corrected chi connectivity index (χ3v) is 7.34. The molecular formula is C30H29N3O. The minimum Gasteiger partial charge on any atom is -0.376 e. The van der Waals surface area contributed by atoms with Crippen LogP contribution in [0.4, 0.5) is 11.4 Å². The Morgan fingerprint density at radius 2 is 1.47 bits per heavy atom. The second-order valence-electron chi connectivity index (χ2n) is 9.64. The van der Waals surface area contributed by atoms with E-state index in [1.54, 1.807) is 6.20 Å². The Kier molecular flexibility index (Phi) is 4.93. The van der Waals surface area contributed by atoms with Crippen LogP contribution in [0.3, 0.4) is 0 Å². The summed E-state index contributed by atoms with van der Waals surface area (Å²) in [5.74, 6) is 0. The van der Waals surface area contributed by atoms with E-state index < -0.39 is 5.60 Å². The normalized spacial score (nSPS) is 18.5. The zero-order valence-electron chi connectivity index (χ0n) is 19.6. The number of anilines is 2. The SMILES string of the molecule is Cc1ccc2c(c1)CN1c3ccc(C)cc3CN2CC1[C@](O)(c1ccccc1)c1ccccn1. The van der Waals surface area contributed by atoms with E-state index in [0.717, 1.165) is 18.7 Å². The lowest BCUT2D eigenvalue weighted by molar-refractivity contribution is 0.0466. The molecule has 2 aliphatic rings. The number of aliphatic hydroxyl groups is 1. The summed E-state index contributed by atoms with van der Waals surface area (Å²) in [5, 5.41) is 12.7. The quantitative estimate of drug-likeness (QED) is 0.460. The van der Waals surface area contributed by atoms with Crippen LogP contribution in [-0.4, -0.2) is 22.7 Å². The van der Waals surface area contributed by atoms with Crippen molar-refractivity contribution >= 4 is 11.4 Å². The van der Waals surface area contributed by atoms with Crippen molar-refractivity contribution in [3.05, 3.63) is 125 Å². The lowest BCUT2D eigenvalue weighted by Crippen LogP contribution is -2.55. The highest BCUT2D eigenvalue weighted by Gasteiger charge is 2.48. The number of aryl methyl sites for hydroxylation is 2. The molecular weight excluding hydrogens is 418 g/mol. The van der Waals surface area contributed by atoms with Crippen LogP contribution in [0, 0.1) is 13.8 Å². The number of rotatable bonds is 3. The van der Waals surface area contributed by atoms with Crippen molar-refractivity contribution in [1.82, 2.24) is 4.98 Å². The summed E-state index contributed by atoms with van der Waals surface area (Å²) in [4.78, 5) is 9.55. The highest BCUT2D eigenvalue weighted by atomic mass is 16.3. The number of fused-ring (bicyclic) bond motifs is 7. The topological polar surface area (TPSA) is 39.6 Å². The van der Waals surface area contributed by atoms with Crippen LogP contribution in [0.15, 0.2) is 91.1 Å². The molecule has 0 amide bonds. The van der Waals surface area contributed by atoms with E-state index in [1.807, 2.05) is 48.5 Å². The first kappa shape index (κ1) is 20.9. The van der Waals surface area contributed by atoms with E-state index in [9.17, 15) is 5.11 Å². The summed E-state index contributed by atoms with van der Waals surface area (Å²) in [7, 11) is 0. The van der Waals surface area contributed by atoms with Crippen LogP contribution in [0.5, 0.6) is 0 Å². The van der Waals surface area contributed by atoms with Gasteiger partial charge in [-0.05, 0) is 54.8 Å². The number of aromatic nitrogens is 1. The number of nitrogens with zero attached hydrogens (tertiary/aromatic N) is 3. The standard InChI is InChI=1S/C30H29N3O/c1-21-11-13-26-24(17-21)19-33-27-14-12-22(2)16-23(27)18-32(26)20-29(33)30(34,25-8-4-3-5-9-25)28-10-6-7-15-31-28/h3-17,29,34H,18-20H2,1-2H3/t29?,30-/m0/s1. The highest BCUT2D eigenvalue weighted by molar-refractivity contribution is 5.67. The molecule has 3 heterocycles. The molecule has 3 aromatic carbocycles. The van der Waals surface area contributed by atoms with Gasteiger partial charge in [0.15, 0.2) is 5.60 Å². The largest absolute Gasteiger partial charge is 0.376 e. The molecule has 4 aromatic rings. The van der Waals surface area contributed by atoms with Gasteiger partial charge in [-0.15, -0.1) is 0 Å². The molecule has 0 saturated heterocycles. The van der Waals surface area contributed by atoms with Gasteiger partial charge < -0.3 is 14.9 Å². The maximum atomic E-state index is 12.7. The van der Waals surface area contributed by atoms with Gasteiger partial charge in [0.05, 0.1) is 11.7 Å². The molecule has 4 heteroatoms. The molecule has 0 aliphatic carbocycles. The van der Waals surface area contributed by atoms with Gasteiger partial charge >= 0.3 is 0 Å². The Morgan fingerprint density at radius 3 is 2.18 bits per heavy atom. The van der Waals surface area contributed by atoms with Crippen molar-refractivity contribution in [2.75, 3.05) is 16.3 Å². The van der Waals surface area contributed by atoms with Gasteiger partial charge in [-0.1, -0.05) is 71.8 Å². The Bertz CT molecular complexity index is 1300. The van der Waals surface area contributed by atoms with E-state index in [4.69, 9.17) is 0 Å². The Hall–Kier alpha value is -3.63. The Balaban J connectivity index is 1.60. The number of benzene rings is 3. The van der Waals surface area contributed by atoms with Gasteiger partial charge in [-0.3, -0.25) is 4.98 Å². The van der Waals surface area contributed by atoms with Crippen molar-refractivity contribution < 1.29 is 5.11 Å². The van der Waals surface area contributed by atoms with E-state index in [1.165, 1.54) is 33.6 Å². The van der Waals surface area contributed by atoms with E-state index in [2.05, 4.69) is 65.0 Å². The third-order valence-electron chi connectivity index (χ3n) is 7.34. The van der Waals surface area contributed by atoms with E-state index >= 15 is 0 Å². The van der Waals surface area contributed by atoms with Crippen LogP contribution in [-0.2, 0) is 18.7 Å². The van der Waals surface area contributed by atoms with Gasteiger partial charge in [0.2, 0.25) is 0 Å². The maximum Gasteiger partial charge on any atom is 0.153 e. The molecule has 34 heavy (non-hydrogen) atoms. The number of hydrogen-bond acceptors (Lipinski definition) is 4. The minimum atomic E-state index is -1.29. The number of hydrogen-bond donors (Lipinski definition) is 1. The average molecular weight is 448 g/mol. The Morgan fingerprint density at radius 1 is 0.794 bits per heavy atom. The average Bonchev–Trinajstić information content (AvgIpc) is 3.11. The van der Waals surface area contributed by atoms with E-state index in [-0.39, 0.29) is 6.04 Å². The zero-order chi connectivity index (χ0) is 23.3. The molecule has 2 aliphatic heterocycles. The lowest BCUT2D eigenvalue weighted by atomic mass is 9.81. The molecule has 1 aromatic heterocycles. The summed E-state index contributed by atoms with van der Waals surface area (Å²) < 4.78 is 0. The molecule has 6 rings (SSSR count). The van der Waals surface area contributed by atoms with Gasteiger partial charge in [0.1, 0.15) is 0 Å². The predicted molar refractivity (Wildman–Crippen MR) is 137 cm³/mol. The molecule has 0 saturated carbocycles. The van der Waals surface area contributed by atoms with E-state index in [0.29, 0.717) is 12.2 Å². The smallest absolute Gasteiger partial charge is 0.153 e. The molecule has 1 unspecified atom stereocenters. The Labute approximate surface area is 201 Å². The second kappa shape index (κ2) is 8.00. The molecule has 1 N–H and O–H groups in total. The zero-order valence-corrected chi connectivity index (χ0v) is 19.6. The van der Waals surface area contributed by atoms with Crippen LogP contribution in [0.2, 0.25) is 0 Å². The minimum absolute atomic E-state index is 0.235. The van der Waals surface area contributed by atoms with Crippen molar-refractivity contribution in [2.45, 2.75) is 38.6 Å². The van der Waals surface area contributed by atoms with Crippen molar-refractivity contribution in [2.24, 2.45) is 0 Å². The summed E-state index contributed by atoms with van der Waals surface area (Å²) in [5.41, 5.74) is 7.79. The predicted octanol–water partition coefficient (Wildman–Crippen LogP) is 5.34. The number of pyridine rings is 1. The summed E-state index contributed by atoms with van der Waals surface area (Å²) in [6.45, 7) is 6.53. The first-order valence-corrected chi connectivity index (χ1v) is 11.9. The van der Waals surface area contributed by atoms with Crippen LogP contribution < -0.4 is 9.80 Å². The summed E-state index contributed by atoms with van der Waals surface area (Å²) in [6, 6.07) is 29.0. The monoisotopic (exact) mass is 447 g/mol.